The molecule has 156 valence electrons. The molecule has 1 aliphatic rings. The zero-order chi connectivity index (χ0) is 21.4. The van der Waals surface area contributed by atoms with Gasteiger partial charge >= 0.3 is 5.97 Å². The van der Waals surface area contributed by atoms with E-state index in [9.17, 15) is 14.7 Å². The molecule has 1 heterocycles. The number of carboxylic acid groups (broad SMARTS) is 1. The molecule has 1 fully saturated rings. The smallest absolute Gasteiger partial charge is 0.335 e. The highest BCUT2D eigenvalue weighted by Gasteiger charge is 2.45. The summed E-state index contributed by atoms with van der Waals surface area (Å²) < 4.78 is 17.2. The zero-order valence-corrected chi connectivity index (χ0v) is 17.2. The molecule has 0 radical (unpaired) electrons. The van der Waals surface area contributed by atoms with Crippen molar-refractivity contribution in [1.29, 1.82) is 0 Å². The first kappa shape index (κ1) is 20.0. The number of ether oxygens (including phenoxy) is 2. The molecule has 1 aromatic heterocycles. The predicted molar refractivity (Wildman–Crippen MR) is 113 cm³/mol. The fraction of sp³-hybridized carbons (Fsp3) is 0.333. The van der Waals surface area contributed by atoms with Crippen LogP contribution >= 0.6 is 0 Å². The molecule has 1 N–H and O–H groups in total. The average molecular weight is 408 g/mol. The van der Waals surface area contributed by atoms with E-state index >= 15 is 0 Å². The van der Waals surface area contributed by atoms with Crippen LogP contribution in [0.2, 0.25) is 0 Å². The van der Waals surface area contributed by atoms with Crippen LogP contribution in [0.3, 0.4) is 0 Å². The molecule has 6 nitrogen and oxygen atoms in total. The maximum Gasteiger partial charge on any atom is 0.335 e. The van der Waals surface area contributed by atoms with E-state index < -0.39 is 5.97 Å². The van der Waals surface area contributed by atoms with Crippen LogP contribution in [-0.4, -0.2) is 25.3 Å². The lowest BCUT2D eigenvalue weighted by Crippen LogP contribution is -2.13. The molecule has 0 aliphatic heterocycles. The third-order valence-electron chi connectivity index (χ3n) is 5.72. The molecule has 1 saturated carbocycles. The number of rotatable bonds is 7. The summed E-state index contributed by atoms with van der Waals surface area (Å²) in [6.07, 6.45) is 2.23. The van der Waals surface area contributed by atoms with Gasteiger partial charge in [0.1, 0.15) is 11.3 Å². The number of benzene rings is 2. The van der Waals surface area contributed by atoms with Gasteiger partial charge in [-0.15, -0.1) is 0 Å². The number of methoxy groups -OCH3 is 2. The average Bonchev–Trinajstić information content (AvgIpc) is 3.55. The molecule has 2 unspecified atom stereocenters. The summed E-state index contributed by atoms with van der Waals surface area (Å²) in [6.45, 7) is 2.01. The minimum Gasteiger partial charge on any atom is -0.493 e. The summed E-state index contributed by atoms with van der Waals surface area (Å²) >= 11 is 0. The SMILES string of the molecule is CCCc1c(C2CC2c2cccc(OC)c2OC)oc2ccc(C(=O)O)cc2c1=O. The molecule has 30 heavy (non-hydrogen) atoms. The number of hydrogen-bond acceptors (Lipinski definition) is 5. The Balaban J connectivity index is 1.80. The van der Waals surface area contributed by atoms with E-state index in [-0.39, 0.29) is 22.8 Å². The van der Waals surface area contributed by atoms with Crippen LogP contribution in [0.1, 0.15) is 58.8 Å². The Morgan fingerprint density at radius 1 is 1.17 bits per heavy atom. The molecule has 3 aromatic rings. The number of hydrogen-bond donors (Lipinski definition) is 1. The molecule has 2 aromatic carbocycles. The monoisotopic (exact) mass is 408 g/mol. The molecular formula is C24H24O6. The Bertz CT molecular complexity index is 1180. The Kier molecular flexibility index (Phi) is 5.24. The first-order valence-corrected chi connectivity index (χ1v) is 10.0. The fourth-order valence-corrected chi connectivity index (χ4v) is 4.20. The second-order valence-electron chi connectivity index (χ2n) is 7.57. The third kappa shape index (κ3) is 3.32. The fourth-order valence-electron chi connectivity index (χ4n) is 4.20. The van der Waals surface area contributed by atoms with E-state index in [1.165, 1.54) is 12.1 Å². The number of para-hydroxylation sites is 1. The van der Waals surface area contributed by atoms with Crippen molar-refractivity contribution in [3.63, 3.8) is 0 Å². The van der Waals surface area contributed by atoms with Gasteiger partial charge in [-0.25, -0.2) is 4.79 Å². The van der Waals surface area contributed by atoms with Gasteiger partial charge in [-0.3, -0.25) is 4.79 Å². The van der Waals surface area contributed by atoms with Crippen molar-refractivity contribution in [3.05, 3.63) is 69.1 Å². The molecule has 4 rings (SSSR count). The number of carboxylic acids is 1. The molecule has 2 atom stereocenters. The van der Waals surface area contributed by atoms with Gasteiger partial charge in [0, 0.05) is 17.0 Å². The van der Waals surface area contributed by atoms with Crippen LogP contribution in [0.5, 0.6) is 11.5 Å². The standard InChI is InChI=1S/C24H24O6/c1-4-6-15-21(25)18-11-13(24(26)27)9-10-19(18)30-22(15)17-12-16(17)14-7-5-8-20(28-2)23(14)29-3/h5,7-11,16-17H,4,6,12H2,1-3H3,(H,26,27). The number of carbonyl (C=O) groups is 1. The van der Waals surface area contributed by atoms with E-state index in [1.807, 2.05) is 25.1 Å². The van der Waals surface area contributed by atoms with Gasteiger partial charge in [-0.2, -0.15) is 0 Å². The van der Waals surface area contributed by atoms with E-state index in [4.69, 9.17) is 13.9 Å². The lowest BCUT2D eigenvalue weighted by Gasteiger charge is -2.13. The van der Waals surface area contributed by atoms with Gasteiger partial charge in [0.2, 0.25) is 0 Å². The lowest BCUT2D eigenvalue weighted by atomic mass is 10.00. The molecular weight excluding hydrogens is 384 g/mol. The normalized spacial score (nSPS) is 17.7. The van der Waals surface area contributed by atoms with Gasteiger partial charge < -0.3 is 19.0 Å². The quantitative estimate of drug-likeness (QED) is 0.608. The molecule has 6 heteroatoms. The first-order valence-electron chi connectivity index (χ1n) is 10.0. The summed E-state index contributed by atoms with van der Waals surface area (Å²) in [5.41, 5.74) is 2.04. The Labute approximate surface area is 174 Å². The summed E-state index contributed by atoms with van der Waals surface area (Å²) in [6, 6.07) is 10.3. The van der Waals surface area contributed by atoms with Gasteiger partial charge in [-0.05, 0) is 43.0 Å². The van der Waals surface area contributed by atoms with Crippen LogP contribution in [0, 0.1) is 0 Å². The highest BCUT2D eigenvalue weighted by Crippen LogP contribution is 2.58. The van der Waals surface area contributed by atoms with E-state index in [1.54, 1.807) is 20.3 Å². The number of fused-ring (bicyclic) bond motifs is 1. The molecule has 0 spiro atoms. The Hall–Kier alpha value is -3.28. The van der Waals surface area contributed by atoms with Crippen molar-refractivity contribution in [2.24, 2.45) is 0 Å². The number of aromatic carboxylic acids is 1. The van der Waals surface area contributed by atoms with Crippen molar-refractivity contribution >= 4 is 16.9 Å². The van der Waals surface area contributed by atoms with Crippen molar-refractivity contribution in [3.8, 4) is 11.5 Å². The highest BCUT2D eigenvalue weighted by molar-refractivity contribution is 5.92. The van der Waals surface area contributed by atoms with Crippen LogP contribution in [0.15, 0.2) is 45.6 Å². The van der Waals surface area contributed by atoms with Crippen LogP contribution in [-0.2, 0) is 6.42 Å². The minimum atomic E-state index is -1.07. The van der Waals surface area contributed by atoms with Crippen LogP contribution < -0.4 is 14.9 Å². The van der Waals surface area contributed by atoms with Crippen molar-refractivity contribution in [2.45, 2.75) is 38.0 Å². The lowest BCUT2D eigenvalue weighted by molar-refractivity contribution is 0.0697. The Morgan fingerprint density at radius 2 is 1.97 bits per heavy atom. The van der Waals surface area contributed by atoms with Gasteiger partial charge in [0.25, 0.3) is 0 Å². The minimum absolute atomic E-state index is 0.0730. The van der Waals surface area contributed by atoms with E-state index in [2.05, 4.69) is 0 Å². The molecule has 0 saturated heterocycles. The topological polar surface area (TPSA) is 86.0 Å². The van der Waals surface area contributed by atoms with Gasteiger partial charge in [0.05, 0.1) is 25.2 Å². The highest BCUT2D eigenvalue weighted by atomic mass is 16.5. The Morgan fingerprint density at radius 3 is 2.63 bits per heavy atom. The zero-order valence-electron chi connectivity index (χ0n) is 17.2. The molecule has 0 bridgehead atoms. The van der Waals surface area contributed by atoms with E-state index in [0.717, 1.165) is 18.4 Å². The summed E-state index contributed by atoms with van der Waals surface area (Å²) in [5.74, 6) is 1.26. The van der Waals surface area contributed by atoms with Crippen molar-refractivity contribution in [2.75, 3.05) is 14.2 Å². The largest absolute Gasteiger partial charge is 0.493 e. The second kappa shape index (κ2) is 7.86. The summed E-state index contributed by atoms with van der Waals surface area (Å²) in [5, 5.41) is 9.58. The van der Waals surface area contributed by atoms with Gasteiger partial charge in [0.15, 0.2) is 16.9 Å². The predicted octanol–water partition coefficient (Wildman–Crippen LogP) is 4.73. The maximum absolute atomic E-state index is 13.2. The molecule has 1 aliphatic carbocycles. The first-order chi connectivity index (χ1) is 14.5. The van der Waals surface area contributed by atoms with Crippen molar-refractivity contribution in [1.82, 2.24) is 0 Å². The van der Waals surface area contributed by atoms with E-state index in [0.29, 0.717) is 40.2 Å². The van der Waals surface area contributed by atoms with Crippen molar-refractivity contribution < 1.29 is 23.8 Å². The third-order valence-corrected chi connectivity index (χ3v) is 5.72. The van der Waals surface area contributed by atoms with Crippen LogP contribution in [0.25, 0.3) is 11.0 Å². The maximum atomic E-state index is 13.2. The summed E-state index contributed by atoms with van der Waals surface area (Å²) in [7, 11) is 3.23. The molecule has 0 amide bonds. The second-order valence-corrected chi connectivity index (χ2v) is 7.57. The van der Waals surface area contributed by atoms with Gasteiger partial charge in [-0.1, -0.05) is 25.5 Å². The summed E-state index contributed by atoms with van der Waals surface area (Å²) in [4.78, 5) is 24.5. The van der Waals surface area contributed by atoms with Crippen LogP contribution in [0.4, 0.5) is 0 Å².